The molecule has 7 rings (SSSR count). The highest BCUT2D eigenvalue weighted by atomic mass is 35.5. The van der Waals surface area contributed by atoms with Gasteiger partial charge in [0.2, 0.25) is 0 Å². The van der Waals surface area contributed by atoms with Gasteiger partial charge in [0.05, 0.1) is 26.5 Å². The van der Waals surface area contributed by atoms with E-state index in [1.807, 2.05) is 6.07 Å². The van der Waals surface area contributed by atoms with Crippen molar-refractivity contribution in [2.24, 2.45) is 0 Å². The Morgan fingerprint density at radius 2 is 2.14 bits per heavy atom. The Bertz CT molecular complexity index is 1840. The molecule has 1 amide bonds. The van der Waals surface area contributed by atoms with Gasteiger partial charge in [-0.15, -0.1) is 11.3 Å². The smallest absolute Gasteiger partial charge is 0.409 e. The number of nitrogens with zero attached hydrogens (tertiary/aromatic N) is 4. The summed E-state index contributed by atoms with van der Waals surface area (Å²) in [5, 5.41) is 21.6. The van der Waals surface area contributed by atoms with E-state index in [1.54, 1.807) is 6.07 Å². The van der Waals surface area contributed by atoms with E-state index in [9.17, 15) is 23.9 Å². The number of aromatic nitrogens is 2. The summed E-state index contributed by atoms with van der Waals surface area (Å²) in [4.78, 5) is 22.5. The zero-order chi connectivity index (χ0) is 29.3. The lowest BCUT2D eigenvalue weighted by Gasteiger charge is -2.30. The van der Waals surface area contributed by atoms with E-state index in [0.717, 1.165) is 49.6 Å². The Balaban J connectivity index is 1.37. The maximum absolute atomic E-state index is 16.6. The van der Waals surface area contributed by atoms with E-state index < -0.39 is 29.4 Å². The number of carbonyl (C=O) groups is 1. The number of benzene rings is 2. The number of fused-ring (bicyclic) bond motifs is 3. The van der Waals surface area contributed by atoms with Crippen LogP contribution in [0.2, 0.25) is 5.02 Å². The van der Waals surface area contributed by atoms with Crippen LogP contribution in [0.1, 0.15) is 49.3 Å². The number of alkyl halides is 1. The number of halogens is 4. The van der Waals surface area contributed by atoms with Crippen LogP contribution in [0.15, 0.2) is 18.2 Å². The van der Waals surface area contributed by atoms with Gasteiger partial charge in [0.25, 0.3) is 0 Å². The zero-order valence-electron chi connectivity index (χ0n) is 22.0. The summed E-state index contributed by atoms with van der Waals surface area (Å²) >= 11 is 7.42. The summed E-state index contributed by atoms with van der Waals surface area (Å²) in [5.41, 5.74) is 0.0195. The molecule has 13 heteroatoms. The van der Waals surface area contributed by atoms with Gasteiger partial charge in [-0.1, -0.05) is 17.7 Å². The number of amides is 1. The van der Waals surface area contributed by atoms with Crippen LogP contribution in [0.4, 0.5) is 23.0 Å². The molecule has 0 radical (unpaired) electrons. The highest BCUT2D eigenvalue weighted by Crippen LogP contribution is 2.48. The standard InChI is InChI=1S/C29H23ClF3N5O3S/c30-18-8-16-23(13-2-3-13)35-27(41-12-29-6-1-7-38(29)11-14(31)9-29)36-24(16)22(33)21(18)15-4-5-19(32)25-20(15)17(10-34)26(42-25)37-28(39)40/h4-5,8,13-14,37H,1-3,6-7,9,11-12H2,(H,39,40)/t14-,29+/m1/s1. The molecular formula is C29H23ClF3N5O3S. The molecule has 1 aliphatic carbocycles. The Morgan fingerprint density at radius 3 is 2.88 bits per heavy atom. The molecule has 4 aromatic rings. The molecule has 0 unspecified atom stereocenters. The molecule has 216 valence electrons. The van der Waals surface area contributed by atoms with Gasteiger partial charge in [0.15, 0.2) is 5.82 Å². The summed E-state index contributed by atoms with van der Waals surface area (Å²) in [5.74, 6) is -1.40. The molecule has 42 heavy (non-hydrogen) atoms. The van der Waals surface area contributed by atoms with Crippen molar-refractivity contribution in [3.05, 3.63) is 46.1 Å². The lowest BCUT2D eigenvalue weighted by atomic mass is 9.95. The van der Waals surface area contributed by atoms with Crippen molar-refractivity contribution in [3.8, 4) is 23.2 Å². The highest BCUT2D eigenvalue weighted by Gasteiger charge is 2.49. The maximum Gasteiger partial charge on any atom is 0.409 e. The topological polar surface area (TPSA) is 111 Å². The minimum Gasteiger partial charge on any atom is -0.465 e. The number of thiophene rings is 1. The number of anilines is 1. The van der Waals surface area contributed by atoms with E-state index in [-0.39, 0.29) is 60.9 Å². The van der Waals surface area contributed by atoms with Crippen LogP contribution >= 0.6 is 22.9 Å². The predicted octanol–water partition coefficient (Wildman–Crippen LogP) is 7.24. The van der Waals surface area contributed by atoms with Crippen LogP contribution in [0.3, 0.4) is 0 Å². The number of ether oxygens (including phenoxy) is 1. The molecule has 0 bridgehead atoms. The average Bonchev–Trinajstić information content (AvgIpc) is 3.51. The normalized spacial score (nSPS) is 22.0. The van der Waals surface area contributed by atoms with Crippen molar-refractivity contribution >= 4 is 55.0 Å². The van der Waals surface area contributed by atoms with Gasteiger partial charge in [-0.05, 0) is 49.9 Å². The summed E-state index contributed by atoms with van der Waals surface area (Å²) in [6.07, 6.45) is 1.49. The Morgan fingerprint density at radius 1 is 1.33 bits per heavy atom. The predicted molar refractivity (Wildman–Crippen MR) is 152 cm³/mol. The van der Waals surface area contributed by atoms with Crippen molar-refractivity contribution in [1.82, 2.24) is 14.9 Å². The van der Waals surface area contributed by atoms with E-state index in [4.69, 9.17) is 16.3 Å². The Labute approximate surface area is 246 Å². The number of hydrogen-bond donors (Lipinski definition) is 2. The number of carboxylic acid groups (broad SMARTS) is 1. The SMILES string of the molecule is N#Cc1c(NC(=O)O)sc2c(F)ccc(-c3c(Cl)cc4c(C5CC5)nc(OC[C@@]56CCCN5C[C@H](F)C6)nc4c3F)c12. The maximum atomic E-state index is 16.6. The lowest BCUT2D eigenvalue weighted by Crippen LogP contribution is -2.43. The first-order valence-electron chi connectivity index (χ1n) is 13.6. The van der Waals surface area contributed by atoms with Crippen LogP contribution in [0.5, 0.6) is 6.01 Å². The fourth-order valence-corrected chi connectivity index (χ4v) is 7.86. The van der Waals surface area contributed by atoms with E-state index >= 15 is 4.39 Å². The van der Waals surface area contributed by atoms with Crippen molar-refractivity contribution in [2.75, 3.05) is 25.0 Å². The monoisotopic (exact) mass is 613 g/mol. The second-order valence-electron chi connectivity index (χ2n) is 11.1. The molecule has 2 aromatic carbocycles. The first-order valence-corrected chi connectivity index (χ1v) is 14.8. The molecule has 3 fully saturated rings. The summed E-state index contributed by atoms with van der Waals surface area (Å²) in [6, 6.07) is 5.91. The summed E-state index contributed by atoms with van der Waals surface area (Å²) < 4.78 is 51.8. The van der Waals surface area contributed by atoms with E-state index in [0.29, 0.717) is 24.0 Å². The third-order valence-corrected chi connectivity index (χ3v) is 9.89. The fourth-order valence-electron chi connectivity index (χ4n) is 6.50. The molecule has 2 saturated heterocycles. The van der Waals surface area contributed by atoms with E-state index in [1.165, 1.54) is 6.07 Å². The minimum absolute atomic E-state index is 0.00875. The average molecular weight is 614 g/mol. The van der Waals surface area contributed by atoms with Gasteiger partial charge in [0, 0.05) is 35.2 Å². The van der Waals surface area contributed by atoms with Gasteiger partial charge in [0.1, 0.15) is 35.2 Å². The van der Waals surface area contributed by atoms with Gasteiger partial charge in [-0.2, -0.15) is 15.2 Å². The first-order chi connectivity index (χ1) is 20.2. The second kappa shape index (κ2) is 9.97. The number of nitriles is 1. The van der Waals surface area contributed by atoms with Crippen molar-refractivity contribution in [2.45, 2.75) is 49.7 Å². The number of nitrogens with one attached hydrogen (secondary N) is 1. The molecule has 2 aromatic heterocycles. The molecule has 4 heterocycles. The van der Waals surface area contributed by atoms with Crippen LogP contribution < -0.4 is 10.1 Å². The van der Waals surface area contributed by atoms with Crippen molar-refractivity contribution in [3.63, 3.8) is 0 Å². The summed E-state index contributed by atoms with van der Waals surface area (Å²) in [7, 11) is 0. The highest BCUT2D eigenvalue weighted by molar-refractivity contribution is 7.23. The molecule has 2 N–H and O–H groups in total. The van der Waals surface area contributed by atoms with Crippen LogP contribution in [0.25, 0.3) is 32.1 Å². The number of hydrogen-bond acceptors (Lipinski definition) is 7. The number of rotatable bonds is 6. The van der Waals surface area contributed by atoms with Gasteiger partial charge < -0.3 is 9.84 Å². The zero-order valence-corrected chi connectivity index (χ0v) is 23.6. The van der Waals surface area contributed by atoms with Gasteiger partial charge >= 0.3 is 12.1 Å². The third kappa shape index (κ3) is 4.33. The Hall–Kier alpha value is -3.66. The molecule has 2 atom stereocenters. The second-order valence-corrected chi connectivity index (χ2v) is 12.5. The van der Waals surface area contributed by atoms with Crippen LogP contribution in [0, 0.1) is 23.0 Å². The molecule has 8 nitrogen and oxygen atoms in total. The molecule has 0 spiro atoms. The van der Waals surface area contributed by atoms with Crippen molar-refractivity contribution in [1.29, 1.82) is 5.26 Å². The minimum atomic E-state index is -1.42. The van der Waals surface area contributed by atoms with Gasteiger partial charge in [-0.25, -0.2) is 18.0 Å². The molecular weight excluding hydrogens is 591 g/mol. The fraction of sp³-hybridized carbons (Fsp3) is 0.379. The Kier molecular flexibility index (Phi) is 6.45. The molecule has 2 aliphatic heterocycles. The van der Waals surface area contributed by atoms with E-state index in [2.05, 4.69) is 20.2 Å². The molecule has 1 saturated carbocycles. The van der Waals surface area contributed by atoms with Crippen LogP contribution in [-0.2, 0) is 0 Å². The largest absolute Gasteiger partial charge is 0.465 e. The molecule has 3 aliphatic rings. The van der Waals surface area contributed by atoms with Crippen molar-refractivity contribution < 1.29 is 27.8 Å². The third-order valence-electron chi connectivity index (χ3n) is 8.48. The lowest BCUT2D eigenvalue weighted by molar-refractivity contribution is 0.107. The summed E-state index contributed by atoms with van der Waals surface area (Å²) in [6.45, 7) is 1.35. The first kappa shape index (κ1) is 27.2. The van der Waals surface area contributed by atoms with Crippen LogP contribution in [-0.4, -0.2) is 57.5 Å². The van der Waals surface area contributed by atoms with Gasteiger partial charge in [-0.3, -0.25) is 10.2 Å². The quantitative estimate of drug-likeness (QED) is 0.236.